The van der Waals surface area contributed by atoms with E-state index in [9.17, 15) is 0 Å². The van der Waals surface area contributed by atoms with E-state index in [1.54, 1.807) is 0 Å². The van der Waals surface area contributed by atoms with E-state index < -0.39 is 0 Å². The van der Waals surface area contributed by atoms with Gasteiger partial charge in [-0.1, -0.05) is 19.9 Å². The molecule has 0 aliphatic rings. The summed E-state index contributed by atoms with van der Waals surface area (Å²) < 4.78 is 5.84. The number of aromatic nitrogens is 1. The molecule has 1 heterocycles. The van der Waals surface area contributed by atoms with Crippen LogP contribution in [-0.4, -0.2) is 30.8 Å². The largest absolute Gasteiger partial charge is 0.377 e. The lowest BCUT2D eigenvalue weighted by Gasteiger charge is -2.16. The molecule has 0 aliphatic heterocycles. The normalized spacial score (nSPS) is 12.6. The van der Waals surface area contributed by atoms with Crippen LogP contribution in [-0.2, 0) is 11.2 Å². The van der Waals surface area contributed by atoms with Gasteiger partial charge in [0.05, 0.1) is 12.7 Å². The first kappa shape index (κ1) is 14.1. The molecular formula is C14H24N2O. The molecule has 1 unspecified atom stereocenters. The van der Waals surface area contributed by atoms with Crippen LogP contribution < -0.4 is 5.32 Å². The molecule has 1 rings (SSSR count). The highest BCUT2D eigenvalue weighted by Gasteiger charge is 2.05. The van der Waals surface area contributed by atoms with Crippen LogP contribution in [0, 0.1) is 0 Å². The minimum atomic E-state index is 0.324. The lowest BCUT2D eigenvalue weighted by molar-refractivity contribution is 0.0526. The summed E-state index contributed by atoms with van der Waals surface area (Å²) in [7, 11) is 0. The van der Waals surface area contributed by atoms with Crippen LogP contribution in [0.2, 0.25) is 0 Å². The Morgan fingerprint density at radius 2 is 2.24 bits per heavy atom. The minimum absolute atomic E-state index is 0.324. The van der Waals surface area contributed by atoms with Crippen molar-refractivity contribution in [1.29, 1.82) is 0 Å². The zero-order valence-electron chi connectivity index (χ0n) is 11.0. The molecule has 96 valence electrons. The highest BCUT2D eigenvalue weighted by molar-refractivity contribution is 5.03. The lowest BCUT2D eigenvalue weighted by Crippen LogP contribution is -2.29. The topological polar surface area (TPSA) is 34.1 Å². The van der Waals surface area contributed by atoms with Gasteiger partial charge < -0.3 is 10.1 Å². The second-order valence-electron chi connectivity index (χ2n) is 4.18. The minimum Gasteiger partial charge on any atom is -0.377 e. The Kier molecular flexibility index (Phi) is 7.60. The van der Waals surface area contributed by atoms with Gasteiger partial charge in [-0.05, 0) is 31.5 Å². The zero-order chi connectivity index (χ0) is 12.3. The molecule has 0 spiro atoms. The van der Waals surface area contributed by atoms with Crippen molar-refractivity contribution in [3.63, 3.8) is 0 Å². The third-order valence-corrected chi connectivity index (χ3v) is 2.69. The fourth-order valence-corrected chi connectivity index (χ4v) is 1.64. The molecule has 0 radical (unpaired) electrons. The average molecular weight is 236 g/mol. The van der Waals surface area contributed by atoms with Crippen LogP contribution in [0.3, 0.4) is 0 Å². The second kappa shape index (κ2) is 9.14. The van der Waals surface area contributed by atoms with Crippen LogP contribution in [0.1, 0.15) is 32.4 Å². The average Bonchev–Trinajstić information content (AvgIpc) is 2.38. The Morgan fingerprint density at radius 3 is 2.88 bits per heavy atom. The third kappa shape index (κ3) is 6.39. The Labute approximate surface area is 105 Å². The standard InChI is InChI=1S/C14H24N2O/c1-3-9-15-12-14(4-2)17-11-8-13-7-5-6-10-16-13/h5-7,10,14-15H,3-4,8-9,11-12H2,1-2H3. The van der Waals surface area contributed by atoms with E-state index in [0.717, 1.165) is 38.2 Å². The molecule has 3 heteroatoms. The molecule has 1 aromatic heterocycles. The molecule has 0 aliphatic carbocycles. The summed E-state index contributed by atoms with van der Waals surface area (Å²) in [6.07, 6.45) is 5.27. The van der Waals surface area contributed by atoms with Crippen LogP contribution in [0.15, 0.2) is 24.4 Å². The number of pyridine rings is 1. The molecule has 0 saturated carbocycles. The summed E-state index contributed by atoms with van der Waals surface area (Å²) >= 11 is 0. The lowest BCUT2D eigenvalue weighted by atomic mass is 10.2. The Morgan fingerprint density at radius 1 is 1.35 bits per heavy atom. The van der Waals surface area contributed by atoms with E-state index in [4.69, 9.17) is 4.74 Å². The van der Waals surface area contributed by atoms with Crippen LogP contribution in [0.5, 0.6) is 0 Å². The number of nitrogens with zero attached hydrogens (tertiary/aromatic N) is 1. The van der Waals surface area contributed by atoms with Crippen molar-refractivity contribution in [2.24, 2.45) is 0 Å². The summed E-state index contributed by atoms with van der Waals surface area (Å²) in [6.45, 7) is 7.12. The smallest absolute Gasteiger partial charge is 0.0697 e. The van der Waals surface area contributed by atoms with Gasteiger partial charge in [-0.3, -0.25) is 4.98 Å². The van der Waals surface area contributed by atoms with Gasteiger partial charge in [-0.25, -0.2) is 0 Å². The first-order chi connectivity index (χ1) is 8.36. The van der Waals surface area contributed by atoms with Gasteiger partial charge in [0.15, 0.2) is 0 Å². The van der Waals surface area contributed by atoms with E-state index >= 15 is 0 Å². The molecule has 0 bridgehead atoms. The monoisotopic (exact) mass is 236 g/mol. The Hall–Kier alpha value is -0.930. The summed E-state index contributed by atoms with van der Waals surface area (Å²) in [6, 6.07) is 6.00. The van der Waals surface area contributed by atoms with Crippen molar-refractivity contribution in [3.8, 4) is 0 Å². The maximum Gasteiger partial charge on any atom is 0.0697 e. The summed E-state index contributed by atoms with van der Waals surface area (Å²) in [5, 5.41) is 3.39. The van der Waals surface area contributed by atoms with Crippen LogP contribution >= 0.6 is 0 Å². The molecule has 0 amide bonds. The van der Waals surface area contributed by atoms with Gasteiger partial charge in [-0.15, -0.1) is 0 Å². The van der Waals surface area contributed by atoms with E-state index in [1.165, 1.54) is 6.42 Å². The summed E-state index contributed by atoms with van der Waals surface area (Å²) in [5.74, 6) is 0. The van der Waals surface area contributed by atoms with Crippen LogP contribution in [0.4, 0.5) is 0 Å². The number of rotatable bonds is 9. The van der Waals surface area contributed by atoms with Crippen molar-refractivity contribution in [2.75, 3.05) is 19.7 Å². The molecule has 1 N–H and O–H groups in total. The fourth-order valence-electron chi connectivity index (χ4n) is 1.64. The molecular weight excluding hydrogens is 212 g/mol. The molecule has 0 saturated heterocycles. The summed E-state index contributed by atoms with van der Waals surface area (Å²) in [5.41, 5.74) is 1.10. The first-order valence-electron chi connectivity index (χ1n) is 6.59. The number of nitrogens with one attached hydrogen (secondary N) is 1. The molecule has 0 aromatic carbocycles. The van der Waals surface area contributed by atoms with Crippen molar-refractivity contribution in [1.82, 2.24) is 10.3 Å². The third-order valence-electron chi connectivity index (χ3n) is 2.69. The number of hydrogen-bond acceptors (Lipinski definition) is 3. The molecule has 1 aromatic rings. The fraction of sp³-hybridized carbons (Fsp3) is 0.643. The Bertz CT molecular complexity index is 277. The second-order valence-corrected chi connectivity index (χ2v) is 4.18. The highest BCUT2D eigenvalue weighted by Crippen LogP contribution is 2.00. The highest BCUT2D eigenvalue weighted by atomic mass is 16.5. The predicted molar refractivity (Wildman–Crippen MR) is 71.1 cm³/mol. The molecule has 3 nitrogen and oxygen atoms in total. The molecule has 1 atom stereocenters. The van der Waals surface area contributed by atoms with Crippen molar-refractivity contribution < 1.29 is 4.74 Å². The molecule has 0 fully saturated rings. The maximum absolute atomic E-state index is 5.84. The van der Waals surface area contributed by atoms with Crippen molar-refractivity contribution >= 4 is 0 Å². The maximum atomic E-state index is 5.84. The van der Waals surface area contributed by atoms with Gasteiger partial charge in [0.1, 0.15) is 0 Å². The van der Waals surface area contributed by atoms with E-state index in [-0.39, 0.29) is 0 Å². The van der Waals surface area contributed by atoms with Gasteiger partial charge in [0.2, 0.25) is 0 Å². The predicted octanol–water partition coefficient (Wildman–Crippen LogP) is 2.42. The zero-order valence-corrected chi connectivity index (χ0v) is 11.0. The van der Waals surface area contributed by atoms with Crippen LogP contribution in [0.25, 0.3) is 0 Å². The quantitative estimate of drug-likeness (QED) is 0.669. The first-order valence-corrected chi connectivity index (χ1v) is 6.59. The number of hydrogen-bond donors (Lipinski definition) is 1. The molecule has 17 heavy (non-hydrogen) atoms. The number of ether oxygens (including phenoxy) is 1. The van der Waals surface area contributed by atoms with E-state index in [1.807, 2.05) is 24.4 Å². The SMILES string of the molecule is CCCNCC(CC)OCCc1ccccn1. The Balaban J connectivity index is 2.15. The van der Waals surface area contributed by atoms with Crippen molar-refractivity contribution in [3.05, 3.63) is 30.1 Å². The van der Waals surface area contributed by atoms with Gasteiger partial charge in [-0.2, -0.15) is 0 Å². The van der Waals surface area contributed by atoms with Gasteiger partial charge in [0.25, 0.3) is 0 Å². The van der Waals surface area contributed by atoms with E-state index in [0.29, 0.717) is 6.10 Å². The van der Waals surface area contributed by atoms with Crippen molar-refractivity contribution in [2.45, 2.75) is 39.2 Å². The van der Waals surface area contributed by atoms with E-state index in [2.05, 4.69) is 24.1 Å². The van der Waals surface area contributed by atoms with Gasteiger partial charge in [0, 0.05) is 24.9 Å². The summed E-state index contributed by atoms with van der Waals surface area (Å²) in [4.78, 5) is 4.28. The van der Waals surface area contributed by atoms with Gasteiger partial charge >= 0.3 is 0 Å².